The van der Waals surface area contributed by atoms with Crippen LogP contribution in [0.3, 0.4) is 0 Å². The molecule has 15 heteroatoms. The SMILES string of the molecule is CC(C)(C)c1c[c-]c2c(c1)c1cc(C(C)(C)C)ccc1n1ccnc21.CC(C)(C)c1ccc(-c2cc(C(C)(C)C)cc3c4ccc[c-]c4c4nccn4c23)cc1.CC(C)c1cc(C(C)C)c(-c2ccc3c(c2)c2ccc[c-]c2c2nccn32)c(C(C)C)c1.Cc1ccc2c(c1)c1ccc[c-]c1c1ncc(-c3c(C)cccc3C)n21.[Ir].[Ir].[Ir].[Ir].[Ir].[c-]1cccc2c1c1nccn1c1ccc(C3CCCCC3)cc21. The summed E-state index contributed by atoms with van der Waals surface area (Å²) in [6.07, 6.45) is 24.6. The van der Waals surface area contributed by atoms with E-state index in [0.717, 1.165) is 66.8 Å². The van der Waals surface area contributed by atoms with Crippen molar-refractivity contribution >= 4 is 137 Å². The molecule has 0 amide bonds. The molecule has 10 heterocycles. The van der Waals surface area contributed by atoms with Gasteiger partial charge in [0.25, 0.3) is 0 Å². The molecule has 0 saturated heterocycles. The van der Waals surface area contributed by atoms with Crippen molar-refractivity contribution in [1.82, 2.24) is 46.9 Å². The molecular weight excluding hydrogens is 2630 g/mol. The van der Waals surface area contributed by atoms with E-state index in [1.54, 1.807) is 0 Å². The van der Waals surface area contributed by atoms with Gasteiger partial charge in [-0.3, -0.25) is 24.9 Å². The number of benzene rings is 13. The van der Waals surface area contributed by atoms with Crippen LogP contribution < -0.4 is 0 Å². The first-order chi connectivity index (χ1) is 65.7. The summed E-state index contributed by atoms with van der Waals surface area (Å²) in [5.74, 6) is 2.16. The minimum absolute atomic E-state index is 0. The van der Waals surface area contributed by atoms with Crippen LogP contribution in [-0.2, 0) is 122 Å². The van der Waals surface area contributed by atoms with Gasteiger partial charge in [-0.2, -0.15) is 0 Å². The van der Waals surface area contributed by atoms with E-state index in [9.17, 15) is 0 Å². The molecule has 1 aliphatic rings. The monoisotopic (exact) mass is 2750 g/mol. The van der Waals surface area contributed by atoms with Gasteiger partial charge >= 0.3 is 0 Å². The summed E-state index contributed by atoms with van der Waals surface area (Å²) in [5.41, 5.74) is 33.8. The minimum atomic E-state index is 0. The predicted molar refractivity (Wildman–Crippen MR) is 579 cm³/mol. The van der Waals surface area contributed by atoms with Crippen molar-refractivity contribution < 1.29 is 101 Å². The summed E-state index contributed by atoms with van der Waals surface area (Å²) in [4.78, 5) is 23.2. The number of aromatic nitrogens is 10. The maximum absolute atomic E-state index is 4.81. The summed E-state index contributed by atoms with van der Waals surface area (Å²) in [6.45, 7) is 47.5. The minimum Gasteiger partial charge on any atom is -0.340 e. The average molecular weight is 2750 g/mol. The summed E-state index contributed by atoms with van der Waals surface area (Å²) in [5, 5.41) is 17.9. The smallest absolute Gasteiger partial charge is 0.0639 e. The molecule has 0 aliphatic heterocycles. The molecule has 731 valence electrons. The van der Waals surface area contributed by atoms with Gasteiger partial charge in [-0.1, -0.05) is 286 Å². The second-order valence-corrected chi connectivity index (χ2v) is 43.2. The van der Waals surface area contributed by atoms with Gasteiger partial charge in [0.1, 0.15) is 0 Å². The van der Waals surface area contributed by atoms with Crippen molar-refractivity contribution in [1.29, 1.82) is 0 Å². The van der Waals surface area contributed by atoms with Crippen molar-refractivity contribution in [3.05, 3.63) is 372 Å². The molecule has 1 aliphatic carbocycles. The van der Waals surface area contributed by atoms with Crippen LogP contribution in [-0.4, -0.2) is 46.9 Å². The zero-order valence-corrected chi connectivity index (χ0v) is 97.0. The summed E-state index contributed by atoms with van der Waals surface area (Å²) >= 11 is 0. The number of rotatable bonds is 7. The summed E-state index contributed by atoms with van der Waals surface area (Å²) in [6, 6.07) is 99.1. The van der Waals surface area contributed by atoms with Crippen LogP contribution in [0.1, 0.15) is 242 Å². The molecule has 13 aromatic carbocycles. The Hall–Kier alpha value is -10.8. The molecule has 10 nitrogen and oxygen atoms in total. The maximum Gasteiger partial charge on any atom is 0.0639 e. The number of fused-ring (bicyclic) bond motifs is 30. The second-order valence-electron chi connectivity index (χ2n) is 43.2. The number of aryl methyl sites for hydroxylation is 3. The van der Waals surface area contributed by atoms with Gasteiger partial charge in [-0.25, -0.2) is 0 Å². The normalized spacial score (nSPS) is 12.7. The van der Waals surface area contributed by atoms with Gasteiger partial charge < -0.3 is 22.0 Å². The van der Waals surface area contributed by atoms with Crippen LogP contribution in [0, 0.1) is 51.1 Å². The maximum atomic E-state index is 4.81. The van der Waals surface area contributed by atoms with Crippen LogP contribution in [0.4, 0.5) is 0 Å². The number of imidazole rings is 5. The Morgan fingerprint density at radius 1 is 0.324 bits per heavy atom. The summed E-state index contributed by atoms with van der Waals surface area (Å²) in [7, 11) is 0. The third-order valence-electron chi connectivity index (χ3n) is 28.7. The molecule has 24 rings (SSSR count). The fourth-order valence-electron chi connectivity index (χ4n) is 21.1. The molecular formula is C127H123Ir5N10-5. The fraction of sp³-hybridized carbons (Fsp3) is 0.268. The quantitative estimate of drug-likeness (QED) is 0.117. The molecule has 10 aromatic heterocycles. The Bertz CT molecular complexity index is 8510. The topological polar surface area (TPSA) is 86.5 Å². The Labute approximate surface area is 903 Å². The van der Waals surface area contributed by atoms with Gasteiger partial charge in [-0.15, -0.1) is 148 Å². The molecule has 142 heavy (non-hydrogen) atoms. The second kappa shape index (κ2) is 42.1. The predicted octanol–water partition coefficient (Wildman–Crippen LogP) is 33.7. The first-order valence-electron chi connectivity index (χ1n) is 49.2. The van der Waals surface area contributed by atoms with E-state index in [-0.39, 0.29) is 122 Å². The molecule has 0 N–H and O–H groups in total. The van der Waals surface area contributed by atoms with Crippen molar-refractivity contribution in [2.75, 3.05) is 0 Å². The van der Waals surface area contributed by atoms with Gasteiger partial charge in [0, 0.05) is 195 Å². The molecule has 0 spiro atoms. The van der Waals surface area contributed by atoms with E-state index in [1.165, 1.54) is 203 Å². The number of hydrogen-bond donors (Lipinski definition) is 0. The van der Waals surface area contributed by atoms with E-state index in [1.807, 2.05) is 67.6 Å². The van der Waals surface area contributed by atoms with E-state index >= 15 is 0 Å². The molecule has 23 aromatic rings. The molecule has 1 saturated carbocycles. The van der Waals surface area contributed by atoms with Crippen molar-refractivity contribution in [2.24, 2.45) is 0 Å². The van der Waals surface area contributed by atoms with E-state index in [2.05, 4.69) is 430 Å². The van der Waals surface area contributed by atoms with Gasteiger partial charge in [0.05, 0.1) is 33.9 Å². The molecule has 0 atom stereocenters. The van der Waals surface area contributed by atoms with Crippen LogP contribution in [0.15, 0.2) is 280 Å². The first kappa shape index (κ1) is 105. The molecule has 5 radical (unpaired) electrons. The van der Waals surface area contributed by atoms with E-state index in [4.69, 9.17) is 4.98 Å². The van der Waals surface area contributed by atoms with Gasteiger partial charge in [-0.05, 0) is 203 Å². The van der Waals surface area contributed by atoms with Crippen LogP contribution in [0.5, 0.6) is 0 Å². The van der Waals surface area contributed by atoms with E-state index < -0.39 is 0 Å². The van der Waals surface area contributed by atoms with Crippen LogP contribution >= 0.6 is 0 Å². The Balaban J connectivity index is 0.000000133. The van der Waals surface area contributed by atoms with Crippen molar-refractivity contribution in [3.63, 3.8) is 0 Å². The first-order valence-corrected chi connectivity index (χ1v) is 49.2. The number of nitrogens with zero attached hydrogens (tertiary/aromatic N) is 10. The van der Waals surface area contributed by atoms with Gasteiger partial charge in [0.2, 0.25) is 0 Å². The Morgan fingerprint density at radius 3 is 1.24 bits per heavy atom. The average Bonchev–Trinajstić information content (AvgIpc) is 0.948. The van der Waals surface area contributed by atoms with Crippen LogP contribution in [0.2, 0.25) is 0 Å². The number of hydrogen-bond acceptors (Lipinski definition) is 5. The Kier molecular flexibility index (Phi) is 31.2. The molecule has 1 fully saturated rings. The molecule has 0 unspecified atom stereocenters. The van der Waals surface area contributed by atoms with Crippen molar-refractivity contribution in [3.8, 4) is 33.5 Å². The third-order valence-corrected chi connectivity index (χ3v) is 28.7. The Morgan fingerprint density at radius 2 is 0.739 bits per heavy atom. The number of pyridine rings is 5. The molecule has 0 bridgehead atoms. The fourth-order valence-corrected chi connectivity index (χ4v) is 21.1. The zero-order valence-electron chi connectivity index (χ0n) is 85.0. The third kappa shape index (κ3) is 19.8. The largest absolute Gasteiger partial charge is 0.340 e. The standard InChI is InChI=1S/C30H31N2.C29H29N2.C24H19N2.C23H25N2.C21H19N2.5Ir/c1-18(2)22-16-25(19(3)4)29(26(17-22)20(5)6)21-11-12-28-27(15-21)23-9-7-8-10-24(23)30-31-13-14-32(28)30;1-28(2,3)20-13-11-19(12-14-20)24-17-21(29(4,5)6)18-25-22-9-7-8-10-23(22)27-30-15-16-31(27)26(24)25;1-15-11-12-21-20(13-15)18-9-4-5-10-19(18)24-25-14-22(26(21)24)23-16(2)7-6-8-17(23)3;1-22(2,3)15-7-9-17-18(13-15)19-14-16(23(4,5)6)8-10-20(19)25-12-11-24-21(17)25;1-2-6-15(7-3-1)16-10-11-20-19(14-16)17-8-4-5-9-18(17)21-22-12-13-23(20)21;;;;;/h7-9,11-20H,1-6H3;7-9,11-18H,1-6H3;4-9,11-14H,1-3H3;7-8,10-14H,1-6H3;4-5,8,10-15H,1-3,6-7H2;;;;;/q5*-1;;;;;. The van der Waals surface area contributed by atoms with Crippen molar-refractivity contribution in [2.45, 2.75) is 223 Å². The van der Waals surface area contributed by atoms with Crippen LogP contribution in [0.25, 0.3) is 170 Å². The van der Waals surface area contributed by atoms with Gasteiger partial charge in [0.15, 0.2) is 0 Å². The zero-order chi connectivity index (χ0) is 95.6. The van der Waals surface area contributed by atoms with E-state index in [0.29, 0.717) is 17.8 Å². The summed E-state index contributed by atoms with van der Waals surface area (Å²) < 4.78 is 11.1.